The van der Waals surface area contributed by atoms with E-state index in [1.54, 1.807) is 18.3 Å². The van der Waals surface area contributed by atoms with Gasteiger partial charge in [0.2, 0.25) is 0 Å². The predicted octanol–water partition coefficient (Wildman–Crippen LogP) is 3.30. The van der Waals surface area contributed by atoms with E-state index in [-0.39, 0.29) is 0 Å². The van der Waals surface area contributed by atoms with E-state index in [1.807, 2.05) is 18.3 Å². The zero-order valence-electron chi connectivity index (χ0n) is 10.9. The molecule has 0 spiro atoms. The zero-order chi connectivity index (χ0) is 13.7. The van der Waals surface area contributed by atoms with Gasteiger partial charge in [0.05, 0.1) is 22.8 Å². The van der Waals surface area contributed by atoms with Gasteiger partial charge >= 0.3 is 5.97 Å². The van der Waals surface area contributed by atoms with Gasteiger partial charge in [0.25, 0.3) is 0 Å². The summed E-state index contributed by atoms with van der Waals surface area (Å²) in [4.78, 5) is 15.4. The first-order valence-corrected chi connectivity index (χ1v) is 6.83. The molecule has 1 saturated carbocycles. The zero-order valence-corrected chi connectivity index (χ0v) is 10.9. The summed E-state index contributed by atoms with van der Waals surface area (Å²) in [5.74, 6) is -0.157. The third-order valence-corrected chi connectivity index (χ3v) is 4.05. The highest BCUT2D eigenvalue weighted by molar-refractivity contribution is 6.09. The van der Waals surface area contributed by atoms with Gasteiger partial charge in [-0.05, 0) is 37.0 Å². The molecule has 0 amide bonds. The first kappa shape index (κ1) is 11.5. The normalized spacial score (nSPS) is 15.0. The molecule has 100 valence electrons. The van der Waals surface area contributed by atoms with Crippen LogP contribution in [-0.2, 0) is 6.54 Å². The number of aromatic carboxylic acids is 1. The minimum absolute atomic E-state index is 0.338. The van der Waals surface area contributed by atoms with Gasteiger partial charge < -0.3 is 9.67 Å². The molecule has 0 aliphatic heterocycles. The van der Waals surface area contributed by atoms with Crippen molar-refractivity contribution in [3.8, 4) is 0 Å². The van der Waals surface area contributed by atoms with E-state index < -0.39 is 5.97 Å². The van der Waals surface area contributed by atoms with E-state index in [1.165, 1.54) is 12.8 Å². The summed E-state index contributed by atoms with van der Waals surface area (Å²) < 4.78 is 2.22. The standard InChI is InChI=1S/C16H14N2O2/c19-16(20)11-3-4-12-13-5-6-17-8-15(13)18(14(12)7-11)9-10-1-2-10/h3-8,10H,1-2,9H2,(H,19,20). The number of carboxylic acid groups (broad SMARTS) is 1. The number of carboxylic acids is 1. The van der Waals surface area contributed by atoms with Crippen LogP contribution in [0.4, 0.5) is 0 Å². The molecule has 2 heterocycles. The average molecular weight is 266 g/mol. The van der Waals surface area contributed by atoms with Gasteiger partial charge in [0.15, 0.2) is 0 Å². The van der Waals surface area contributed by atoms with Crippen molar-refractivity contribution >= 4 is 27.8 Å². The third-order valence-electron chi connectivity index (χ3n) is 4.05. The van der Waals surface area contributed by atoms with E-state index in [2.05, 4.69) is 9.55 Å². The fraction of sp³-hybridized carbons (Fsp3) is 0.250. The first-order valence-electron chi connectivity index (χ1n) is 6.83. The molecule has 1 aliphatic rings. The Morgan fingerprint density at radius 2 is 2.05 bits per heavy atom. The van der Waals surface area contributed by atoms with Gasteiger partial charge in [-0.15, -0.1) is 0 Å². The highest BCUT2D eigenvalue weighted by Crippen LogP contribution is 2.35. The Bertz CT molecular complexity index is 831. The molecule has 4 nitrogen and oxygen atoms in total. The lowest BCUT2D eigenvalue weighted by Gasteiger charge is -2.06. The second-order valence-electron chi connectivity index (χ2n) is 5.48. The number of pyridine rings is 1. The second-order valence-corrected chi connectivity index (χ2v) is 5.48. The smallest absolute Gasteiger partial charge is 0.335 e. The van der Waals surface area contributed by atoms with Crippen LogP contribution >= 0.6 is 0 Å². The van der Waals surface area contributed by atoms with Crippen LogP contribution in [0.3, 0.4) is 0 Å². The maximum atomic E-state index is 11.2. The maximum Gasteiger partial charge on any atom is 0.335 e. The molecular weight excluding hydrogens is 252 g/mol. The molecule has 1 aliphatic carbocycles. The van der Waals surface area contributed by atoms with Crippen LogP contribution in [0.2, 0.25) is 0 Å². The lowest BCUT2D eigenvalue weighted by Crippen LogP contribution is -2.01. The molecule has 0 atom stereocenters. The van der Waals surface area contributed by atoms with E-state index in [4.69, 9.17) is 0 Å². The number of rotatable bonds is 3. The van der Waals surface area contributed by atoms with Crippen LogP contribution in [0.25, 0.3) is 21.8 Å². The predicted molar refractivity (Wildman–Crippen MR) is 76.9 cm³/mol. The first-order chi connectivity index (χ1) is 9.74. The van der Waals surface area contributed by atoms with Crippen LogP contribution in [-0.4, -0.2) is 20.6 Å². The summed E-state index contributed by atoms with van der Waals surface area (Å²) in [7, 11) is 0. The quantitative estimate of drug-likeness (QED) is 0.791. The Hall–Kier alpha value is -2.36. The molecule has 20 heavy (non-hydrogen) atoms. The summed E-state index contributed by atoms with van der Waals surface area (Å²) in [6, 6.07) is 7.36. The van der Waals surface area contributed by atoms with Crippen LogP contribution in [0.5, 0.6) is 0 Å². The molecule has 1 N–H and O–H groups in total. The molecule has 0 radical (unpaired) electrons. The molecule has 0 saturated heterocycles. The van der Waals surface area contributed by atoms with Crippen molar-refractivity contribution in [1.82, 2.24) is 9.55 Å². The molecule has 2 aromatic heterocycles. The number of hydrogen-bond donors (Lipinski definition) is 1. The minimum Gasteiger partial charge on any atom is -0.478 e. The van der Waals surface area contributed by atoms with Crippen molar-refractivity contribution < 1.29 is 9.90 Å². The van der Waals surface area contributed by atoms with Gasteiger partial charge in [0.1, 0.15) is 0 Å². The molecular formula is C16H14N2O2. The average Bonchev–Trinajstić information content (AvgIpc) is 3.23. The van der Waals surface area contributed by atoms with Crippen LogP contribution in [0.1, 0.15) is 23.2 Å². The second kappa shape index (κ2) is 4.07. The SMILES string of the molecule is O=C(O)c1ccc2c3ccncc3n(CC3CC3)c2c1. The van der Waals surface area contributed by atoms with Crippen LogP contribution in [0.15, 0.2) is 36.7 Å². The number of hydrogen-bond acceptors (Lipinski definition) is 2. The Morgan fingerprint density at radius 1 is 1.25 bits per heavy atom. The summed E-state index contributed by atoms with van der Waals surface area (Å²) >= 11 is 0. The maximum absolute atomic E-state index is 11.2. The fourth-order valence-electron chi connectivity index (χ4n) is 2.83. The van der Waals surface area contributed by atoms with E-state index in [9.17, 15) is 9.90 Å². The number of carbonyl (C=O) groups is 1. The Labute approximate surface area is 115 Å². The molecule has 4 heteroatoms. The number of benzene rings is 1. The molecule has 3 aromatic rings. The summed E-state index contributed by atoms with van der Waals surface area (Å²) in [6.45, 7) is 0.953. The van der Waals surface area contributed by atoms with E-state index in [0.717, 1.165) is 34.3 Å². The van der Waals surface area contributed by atoms with E-state index >= 15 is 0 Å². The monoisotopic (exact) mass is 266 g/mol. The summed E-state index contributed by atoms with van der Waals surface area (Å²) in [5.41, 5.74) is 2.43. The highest BCUT2D eigenvalue weighted by atomic mass is 16.4. The Kier molecular flexibility index (Phi) is 2.33. The van der Waals surface area contributed by atoms with Gasteiger partial charge in [-0.25, -0.2) is 4.79 Å². The Morgan fingerprint density at radius 3 is 2.80 bits per heavy atom. The van der Waals surface area contributed by atoms with Crippen molar-refractivity contribution in [3.05, 3.63) is 42.2 Å². The molecule has 0 bridgehead atoms. The topological polar surface area (TPSA) is 55.1 Å². The van der Waals surface area contributed by atoms with Crippen LogP contribution < -0.4 is 0 Å². The largest absolute Gasteiger partial charge is 0.478 e. The van der Waals surface area contributed by atoms with Crippen molar-refractivity contribution in [1.29, 1.82) is 0 Å². The minimum atomic E-state index is -0.881. The van der Waals surface area contributed by atoms with Crippen molar-refractivity contribution in [2.75, 3.05) is 0 Å². The fourth-order valence-corrected chi connectivity index (χ4v) is 2.83. The van der Waals surface area contributed by atoms with Crippen molar-refractivity contribution in [3.63, 3.8) is 0 Å². The van der Waals surface area contributed by atoms with E-state index in [0.29, 0.717) is 5.56 Å². The highest BCUT2D eigenvalue weighted by Gasteiger charge is 2.24. The number of fused-ring (bicyclic) bond motifs is 3. The lowest BCUT2D eigenvalue weighted by molar-refractivity contribution is 0.0697. The third kappa shape index (κ3) is 1.68. The summed E-state index contributed by atoms with van der Waals surface area (Å²) in [6.07, 6.45) is 6.19. The summed E-state index contributed by atoms with van der Waals surface area (Å²) in [5, 5.41) is 11.4. The molecule has 1 fully saturated rings. The Balaban J connectivity index is 2.05. The number of aromatic nitrogens is 2. The van der Waals surface area contributed by atoms with Gasteiger partial charge in [-0.2, -0.15) is 0 Å². The molecule has 0 unspecified atom stereocenters. The van der Waals surface area contributed by atoms with Crippen molar-refractivity contribution in [2.24, 2.45) is 5.92 Å². The van der Waals surface area contributed by atoms with Crippen molar-refractivity contribution in [2.45, 2.75) is 19.4 Å². The number of nitrogens with zero attached hydrogens (tertiary/aromatic N) is 2. The molecule has 4 rings (SSSR count). The van der Waals surface area contributed by atoms with Gasteiger partial charge in [-0.1, -0.05) is 6.07 Å². The van der Waals surface area contributed by atoms with Gasteiger partial charge in [-0.3, -0.25) is 4.98 Å². The van der Waals surface area contributed by atoms with Gasteiger partial charge in [0, 0.05) is 23.5 Å². The van der Waals surface area contributed by atoms with Crippen LogP contribution in [0, 0.1) is 5.92 Å². The lowest BCUT2D eigenvalue weighted by atomic mass is 10.1. The molecule has 1 aromatic carbocycles.